The molecule has 3 rings (SSSR count). The second-order valence-electron chi connectivity index (χ2n) is 5.62. The number of piperidine rings is 1. The van der Waals surface area contributed by atoms with Crippen molar-refractivity contribution in [3.05, 3.63) is 30.5 Å². The zero-order valence-corrected chi connectivity index (χ0v) is 14.0. The van der Waals surface area contributed by atoms with E-state index in [0.717, 1.165) is 37.6 Å². The lowest BCUT2D eigenvalue weighted by atomic mass is 10.1. The third kappa shape index (κ3) is 4.08. The van der Waals surface area contributed by atoms with E-state index in [4.69, 9.17) is 9.47 Å². The summed E-state index contributed by atoms with van der Waals surface area (Å²) in [5.74, 6) is 3.03. The van der Waals surface area contributed by atoms with Gasteiger partial charge in [-0.3, -0.25) is 0 Å². The monoisotopic (exact) mass is 330 g/mol. The first-order chi connectivity index (χ1) is 11.8. The van der Waals surface area contributed by atoms with E-state index < -0.39 is 0 Å². The van der Waals surface area contributed by atoms with Crippen LogP contribution in [0, 0.1) is 0 Å². The van der Waals surface area contributed by atoms with Gasteiger partial charge in [0.2, 0.25) is 5.88 Å². The van der Waals surface area contributed by atoms with Crippen LogP contribution in [0.2, 0.25) is 0 Å². The van der Waals surface area contributed by atoms with Gasteiger partial charge in [-0.25, -0.2) is 19.9 Å². The summed E-state index contributed by atoms with van der Waals surface area (Å²) in [4.78, 5) is 19.3. The van der Waals surface area contributed by atoms with E-state index in [1.165, 1.54) is 6.33 Å². The number of hydrogen-bond acceptors (Lipinski definition) is 8. The first kappa shape index (κ1) is 16.4. The van der Waals surface area contributed by atoms with E-state index in [2.05, 4.69) is 30.2 Å². The molecule has 0 unspecified atom stereocenters. The van der Waals surface area contributed by atoms with E-state index in [-0.39, 0.29) is 0 Å². The molecular weight excluding hydrogens is 308 g/mol. The summed E-state index contributed by atoms with van der Waals surface area (Å²) in [5.41, 5.74) is 0. The van der Waals surface area contributed by atoms with E-state index in [0.29, 0.717) is 24.4 Å². The fraction of sp³-hybridized carbons (Fsp3) is 0.500. The van der Waals surface area contributed by atoms with Crippen molar-refractivity contribution in [3.8, 4) is 5.88 Å². The van der Waals surface area contributed by atoms with E-state index in [1.54, 1.807) is 20.4 Å². The Labute approximate surface area is 141 Å². The summed E-state index contributed by atoms with van der Waals surface area (Å²) in [6.07, 6.45) is 5.31. The number of rotatable bonds is 6. The lowest BCUT2D eigenvalue weighted by Gasteiger charge is -2.33. The summed E-state index contributed by atoms with van der Waals surface area (Å²) in [5, 5.41) is 3.45. The average Bonchev–Trinajstić information content (AvgIpc) is 2.63. The minimum absolute atomic E-state index is 0.376. The molecule has 1 N–H and O–H groups in total. The molecule has 0 bridgehead atoms. The fourth-order valence-corrected chi connectivity index (χ4v) is 2.76. The van der Waals surface area contributed by atoms with Gasteiger partial charge in [0, 0.05) is 38.5 Å². The number of aromatic nitrogens is 4. The van der Waals surface area contributed by atoms with Crippen LogP contribution in [-0.2, 0) is 11.3 Å². The maximum atomic E-state index is 5.13. The summed E-state index contributed by atoms with van der Waals surface area (Å²) < 4.78 is 10.2. The van der Waals surface area contributed by atoms with Crippen molar-refractivity contribution in [2.24, 2.45) is 0 Å². The van der Waals surface area contributed by atoms with Gasteiger partial charge in [-0.15, -0.1) is 0 Å². The fourth-order valence-electron chi connectivity index (χ4n) is 2.76. The zero-order valence-electron chi connectivity index (χ0n) is 14.0. The van der Waals surface area contributed by atoms with Gasteiger partial charge in [0.1, 0.15) is 24.6 Å². The summed E-state index contributed by atoms with van der Waals surface area (Å²) in [6.45, 7) is 2.30. The molecule has 0 aromatic carbocycles. The lowest BCUT2D eigenvalue weighted by Crippen LogP contribution is -2.39. The van der Waals surface area contributed by atoms with E-state index in [9.17, 15) is 0 Å². The number of anilines is 2. The number of nitrogens with zero attached hydrogens (tertiary/aromatic N) is 5. The van der Waals surface area contributed by atoms with Crippen LogP contribution in [0.25, 0.3) is 0 Å². The summed E-state index contributed by atoms with van der Waals surface area (Å²) in [7, 11) is 3.25. The molecule has 0 aliphatic carbocycles. The lowest BCUT2D eigenvalue weighted by molar-refractivity contribution is 0.178. The molecule has 0 radical (unpaired) electrons. The highest BCUT2D eigenvalue weighted by molar-refractivity contribution is 5.41. The maximum absolute atomic E-state index is 5.13. The van der Waals surface area contributed by atoms with Crippen molar-refractivity contribution in [3.63, 3.8) is 0 Å². The van der Waals surface area contributed by atoms with Gasteiger partial charge in [-0.2, -0.15) is 0 Å². The number of ether oxygens (including phenoxy) is 2. The predicted molar refractivity (Wildman–Crippen MR) is 90.2 cm³/mol. The van der Waals surface area contributed by atoms with E-state index in [1.807, 2.05) is 12.1 Å². The van der Waals surface area contributed by atoms with Gasteiger partial charge in [-0.1, -0.05) is 0 Å². The highest BCUT2D eigenvalue weighted by atomic mass is 16.5. The molecule has 2 aromatic heterocycles. The van der Waals surface area contributed by atoms with Gasteiger partial charge in [0.05, 0.1) is 7.11 Å². The summed E-state index contributed by atoms with van der Waals surface area (Å²) in [6, 6.07) is 4.14. The number of methoxy groups -OCH3 is 2. The first-order valence-corrected chi connectivity index (χ1v) is 7.97. The van der Waals surface area contributed by atoms with Crippen molar-refractivity contribution in [1.29, 1.82) is 0 Å². The van der Waals surface area contributed by atoms with Gasteiger partial charge < -0.3 is 19.7 Å². The van der Waals surface area contributed by atoms with Crippen LogP contribution in [-0.4, -0.2) is 53.3 Å². The normalized spacial score (nSPS) is 15.3. The molecule has 1 aliphatic heterocycles. The second-order valence-corrected chi connectivity index (χ2v) is 5.62. The van der Waals surface area contributed by atoms with Gasteiger partial charge in [0.25, 0.3) is 0 Å². The van der Waals surface area contributed by atoms with Gasteiger partial charge in [-0.05, 0) is 18.9 Å². The molecule has 2 aromatic rings. The van der Waals surface area contributed by atoms with Crippen LogP contribution in [0.3, 0.4) is 0 Å². The molecule has 0 atom stereocenters. The average molecular weight is 330 g/mol. The van der Waals surface area contributed by atoms with Crippen LogP contribution in [0.4, 0.5) is 11.6 Å². The van der Waals surface area contributed by atoms with Crippen molar-refractivity contribution < 1.29 is 9.47 Å². The Morgan fingerprint density at radius 3 is 2.79 bits per heavy atom. The Morgan fingerprint density at radius 2 is 2.04 bits per heavy atom. The van der Waals surface area contributed by atoms with Crippen molar-refractivity contribution in [2.75, 3.05) is 37.5 Å². The summed E-state index contributed by atoms with van der Waals surface area (Å²) >= 11 is 0. The highest BCUT2D eigenvalue weighted by Gasteiger charge is 2.20. The molecule has 3 heterocycles. The van der Waals surface area contributed by atoms with Crippen molar-refractivity contribution >= 4 is 11.6 Å². The second kappa shape index (κ2) is 7.87. The zero-order chi connectivity index (χ0) is 16.8. The molecule has 24 heavy (non-hydrogen) atoms. The standard InChI is InChI=1S/C16H22N6O2/c1-23-10-14-17-6-3-15(21-14)22-7-4-12(5-8-22)20-13-9-16(24-2)19-11-18-13/h3,6,9,11-12H,4-5,7-8,10H2,1-2H3,(H,18,19,20). The predicted octanol–water partition coefficient (Wildman–Crippen LogP) is 1.50. The minimum atomic E-state index is 0.376. The van der Waals surface area contributed by atoms with Crippen LogP contribution >= 0.6 is 0 Å². The molecule has 1 aliphatic rings. The molecular formula is C16H22N6O2. The molecule has 0 spiro atoms. The Bertz CT molecular complexity index is 661. The van der Waals surface area contributed by atoms with Crippen LogP contribution < -0.4 is 15.0 Å². The van der Waals surface area contributed by atoms with Gasteiger partial charge in [0.15, 0.2) is 5.82 Å². The first-order valence-electron chi connectivity index (χ1n) is 7.97. The SMILES string of the molecule is COCc1nccc(N2CCC(Nc3cc(OC)ncn3)CC2)n1. The molecule has 0 saturated carbocycles. The Balaban J connectivity index is 1.56. The Morgan fingerprint density at radius 1 is 1.21 bits per heavy atom. The van der Waals surface area contributed by atoms with Crippen LogP contribution in [0.1, 0.15) is 18.7 Å². The maximum Gasteiger partial charge on any atom is 0.218 e. The van der Waals surface area contributed by atoms with Crippen LogP contribution in [0.5, 0.6) is 5.88 Å². The van der Waals surface area contributed by atoms with Gasteiger partial charge >= 0.3 is 0 Å². The molecule has 128 valence electrons. The topological polar surface area (TPSA) is 85.3 Å². The molecule has 1 fully saturated rings. The highest BCUT2D eigenvalue weighted by Crippen LogP contribution is 2.20. The largest absolute Gasteiger partial charge is 0.481 e. The third-order valence-corrected chi connectivity index (χ3v) is 3.99. The van der Waals surface area contributed by atoms with Crippen molar-refractivity contribution in [2.45, 2.75) is 25.5 Å². The van der Waals surface area contributed by atoms with Crippen LogP contribution in [0.15, 0.2) is 24.7 Å². The number of hydrogen-bond donors (Lipinski definition) is 1. The Kier molecular flexibility index (Phi) is 5.37. The number of nitrogens with one attached hydrogen (secondary N) is 1. The quantitative estimate of drug-likeness (QED) is 0.853. The van der Waals surface area contributed by atoms with Crippen molar-refractivity contribution in [1.82, 2.24) is 19.9 Å². The molecule has 0 amide bonds. The molecule has 1 saturated heterocycles. The molecule has 8 heteroatoms. The molecule has 8 nitrogen and oxygen atoms in total. The van der Waals surface area contributed by atoms with E-state index >= 15 is 0 Å². The Hall–Kier alpha value is -2.48. The smallest absolute Gasteiger partial charge is 0.218 e. The minimum Gasteiger partial charge on any atom is -0.481 e. The third-order valence-electron chi connectivity index (χ3n) is 3.99.